The van der Waals surface area contributed by atoms with Gasteiger partial charge in [0.15, 0.2) is 0 Å². The number of para-hydroxylation sites is 1. The zero-order chi connectivity index (χ0) is 18.3. The molecule has 0 fully saturated rings. The van der Waals surface area contributed by atoms with Crippen LogP contribution in [0.25, 0.3) is 0 Å². The molecule has 0 bridgehead atoms. The predicted octanol–water partition coefficient (Wildman–Crippen LogP) is 2.39. The molecule has 2 aromatic carbocycles. The van der Waals surface area contributed by atoms with Crippen LogP contribution in [0, 0.1) is 0 Å². The third kappa shape index (κ3) is 5.79. The van der Waals surface area contributed by atoms with Gasteiger partial charge in [0.2, 0.25) is 10.0 Å². The average molecular weight is 361 g/mol. The first-order valence-electron chi connectivity index (χ1n) is 8.13. The van der Waals surface area contributed by atoms with Crippen molar-refractivity contribution in [2.45, 2.75) is 19.8 Å². The van der Waals surface area contributed by atoms with Gasteiger partial charge in [0.25, 0.3) is 5.91 Å². The summed E-state index contributed by atoms with van der Waals surface area (Å²) in [6, 6.07) is 14.0. The molecular weight excluding hydrogens is 338 g/mol. The number of sulfonamides is 1. The van der Waals surface area contributed by atoms with Crippen molar-refractivity contribution < 1.29 is 13.2 Å². The van der Waals surface area contributed by atoms with Crippen LogP contribution in [0.4, 0.5) is 11.4 Å². The van der Waals surface area contributed by atoms with Crippen LogP contribution in [0.1, 0.15) is 29.3 Å². The highest BCUT2D eigenvalue weighted by atomic mass is 32.2. The highest BCUT2D eigenvalue weighted by Crippen LogP contribution is 2.17. The number of anilines is 2. The van der Waals surface area contributed by atoms with Gasteiger partial charge in [-0.05, 0) is 42.7 Å². The van der Waals surface area contributed by atoms with E-state index in [-0.39, 0.29) is 11.7 Å². The van der Waals surface area contributed by atoms with Crippen LogP contribution in [-0.4, -0.2) is 26.6 Å². The predicted molar refractivity (Wildman–Crippen MR) is 101 cm³/mol. The molecule has 134 valence electrons. The van der Waals surface area contributed by atoms with Crippen molar-refractivity contribution in [2.24, 2.45) is 0 Å². The molecule has 0 aliphatic rings. The molecule has 0 atom stereocenters. The molecule has 0 saturated heterocycles. The van der Waals surface area contributed by atoms with Gasteiger partial charge >= 0.3 is 0 Å². The number of benzene rings is 2. The van der Waals surface area contributed by atoms with E-state index in [0.29, 0.717) is 36.3 Å². The van der Waals surface area contributed by atoms with E-state index in [4.69, 9.17) is 5.73 Å². The first kappa shape index (κ1) is 18.8. The number of hydrogen-bond acceptors (Lipinski definition) is 4. The number of carbonyl (C=O) groups excluding carboxylic acids is 1. The Morgan fingerprint density at radius 2 is 1.76 bits per heavy atom. The number of amides is 1. The molecule has 7 heteroatoms. The molecule has 0 spiro atoms. The van der Waals surface area contributed by atoms with Crippen LogP contribution in [0.5, 0.6) is 0 Å². The smallest absolute Gasteiger partial charge is 0.253 e. The number of nitrogen functional groups attached to an aromatic ring is 1. The molecule has 1 amide bonds. The highest BCUT2D eigenvalue weighted by molar-refractivity contribution is 7.92. The lowest BCUT2D eigenvalue weighted by Gasteiger charge is -2.12. The van der Waals surface area contributed by atoms with E-state index in [1.807, 2.05) is 24.3 Å². The van der Waals surface area contributed by atoms with E-state index < -0.39 is 10.0 Å². The van der Waals surface area contributed by atoms with Crippen molar-refractivity contribution in [2.75, 3.05) is 22.8 Å². The number of nitrogens with one attached hydrogen (secondary N) is 2. The van der Waals surface area contributed by atoms with Gasteiger partial charge in [-0.1, -0.05) is 31.2 Å². The van der Waals surface area contributed by atoms with Gasteiger partial charge in [0.05, 0.1) is 17.0 Å². The molecule has 0 aromatic heterocycles. The molecule has 6 nitrogen and oxygen atoms in total. The van der Waals surface area contributed by atoms with Crippen molar-refractivity contribution in [3.63, 3.8) is 0 Å². The number of carbonyl (C=O) groups is 1. The summed E-state index contributed by atoms with van der Waals surface area (Å²) in [5.74, 6) is -0.301. The molecule has 0 aliphatic heterocycles. The summed E-state index contributed by atoms with van der Waals surface area (Å²) in [5.41, 5.74) is 8.00. The number of hydrogen-bond donors (Lipinski definition) is 3. The second-order valence-electron chi connectivity index (χ2n) is 5.71. The molecule has 0 heterocycles. The minimum Gasteiger partial charge on any atom is -0.399 e. The van der Waals surface area contributed by atoms with E-state index in [9.17, 15) is 13.2 Å². The number of nitrogens with two attached hydrogens (primary N) is 1. The van der Waals surface area contributed by atoms with Crippen LogP contribution in [0.3, 0.4) is 0 Å². The summed E-state index contributed by atoms with van der Waals surface area (Å²) < 4.78 is 26.4. The third-order valence-electron chi connectivity index (χ3n) is 3.59. The monoisotopic (exact) mass is 361 g/mol. The van der Waals surface area contributed by atoms with Crippen LogP contribution in [0.2, 0.25) is 0 Å². The fourth-order valence-corrected chi connectivity index (χ4v) is 3.51. The molecule has 25 heavy (non-hydrogen) atoms. The van der Waals surface area contributed by atoms with Gasteiger partial charge in [0.1, 0.15) is 0 Å². The summed E-state index contributed by atoms with van der Waals surface area (Å²) in [4.78, 5) is 12.4. The molecule has 0 radical (unpaired) electrons. The van der Waals surface area contributed by atoms with E-state index in [2.05, 4.69) is 10.0 Å². The summed E-state index contributed by atoms with van der Waals surface area (Å²) in [5, 5.41) is 2.82. The lowest BCUT2D eigenvalue weighted by atomic mass is 10.1. The van der Waals surface area contributed by atoms with Crippen molar-refractivity contribution in [3.05, 3.63) is 59.7 Å². The standard InChI is InChI=1S/C18H23N3O3S/c1-2-13-25(23,24)21-17-6-4-3-5-16(17)18(22)20-12-11-14-7-9-15(19)10-8-14/h3-10,21H,2,11-13,19H2,1H3,(H,20,22). The highest BCUT2D eigenvalue weighted by Gasteiger charge is 2.15. The van der Waals surface area contributed by atoms with Gasteiger partial charge in [0, 0.05) is 12.2 Å². The van der Waals surface area contributed by atoms with Gasteiger partial charge in [-0.3, -0.25) is 9.52 Å². The number of rotatable bonds is 8. The van der Waals surface area contributed by atoms with Gasteiger partial charge < -0.3 is 11.1 Å². The van der Waals surface area contributed by atoms with E-state index in [1.165, 1.54) is 0 Å². The van der Waals surface area contributed by atoms with Gasteiger partial charge in [-0.2, -0.15) is 0 Å². The maximum absolute atomic E-state index is 12.4. The lowest BCUT2D eigenvalue weighted by Crippen LogP contribution is -2.27. The van der Waals surface area contributed by atoms with Crippen LogP contribution in [-0.2, 0) is 16.4 Å². The maximum Gasteiger partial charge on any atom is 0.253 e. The fourth-order valence-electron chi connectivity index (χ4n) is 2.36. The zero-order valence-corrected chi connectivity index (χ0v) is 15.0. The molecular formula is C18H23N3O3S. The van der Waals surface area contributed by atoms with Crippen LogP contribution in [0.15, 0.2) is 48.5 Å². The Balaban J connectivity index is 2.00. The van der Waals surface area contributed by atoms with Crippen molar-refractivity contribution in [1.29, 1.82) is 0 Å². The van der Waals surface area contributed by atoms with E-state index >= 15 is 0 Å². The third-order valence-corrected chi connectivity index (χ3v) is 5.07. The molecule has 4 N–H and O–H groups in total. The Morgan fingerprint density at radius 1 is 1.08 bits per heavy atom. The largest absolute Gasteiger partial charge is 0.399 e. The normalized spacial score (nSPS) is 11.1. The van der Waals surface area contributed by atoms with Crippen LogP contribution < -0.4 is 15.8 Å². The molecule has 0 unspecified atom stereocenters. The molecule has 0 saturated carbocycles. The summed E-state index contributed by atoms with van der Waals surface area (Å²) in [6.45, 7) is 2.23. The Bertz CT molecular complexity index is 818. The fraction of sp³-hybridized carbons (Fsp3) is 0.278. The zero-order valence-electron chi connectivity index (χ0n) is 14.2. The van der Waals surface area contributed by atoms with Crippen molar-refractivity contribution in [1.82, 2.24) is 5.32 Å². The Hall–Kier alpha value is -2.54. The topological polar surface area (TPSA) is 101 Å². The second kappa shape index (κ2) is 8.53. The summed E-state index contributed by atoms with van der Waals surface area (Å²) in [7, 11) is -3.45. The van der Waals surface area contributed by atoms with Crippen molar-refractivity contribution >= 4 is 27.3 Å². The SMILES string of the molecule is CCCS(=O)(=O)Nc1ccccc1C(=O)NCCc1ccc(N)cc1. The quantitative estimate of drug-likeness (QED) is 0.628. The lowest BCUT2D eigenvalue weighted by molar-refractivity contribution is 0.0955. The van der Waals surface area contributed by atoms with E-state index in [0.717, 1.165) is 5.56 Å². The minimum atomic E-state index is -3.45. The Morgan fingerprint density at radius 3 is 2.44 bits per heavy atom. The summed E-state index contributed by atoms with van der Waals surface area (Å²) >= 11 is 0. The Kier molecular flexibility index (Phi) is 6.41. The molecule has 2 aromatic rings. The maximum atomic E-state index is 12.4. The average Bonchev–Trinajstić information content (AvgIpc) is 2.56. The minimum absolute atomic E-state index is 0.0140. The van der Waals surface area contributed by atoms with Gasteiger partial charge in [-0.25, -0.2) is 8.42 Å². The molecule has 0 aliphatic carbocycles. The van der Waals surface area contributed by atoms with Gasteiger partial charge in [-0.15, -0.1) is 0 Å². The van der Waals surface area contributed by atoms with E-state index in [1.54, 1.807) is 31.2 Å². The van der Waals surface area contributed by atoms with Crippen molar-refractivity contribution in [3.8, 4) is 0 Å². The van der Waals surface area contributed by atoms with Crippen LogP contribution >= 0.6 is 0 Å². The second-order valence-corrected chi connectivity index (χ2v) is 7.56. The first-order valence-corrected chi connectivity index (χ1v) is 9.78. The Labute approximate surface area is 148 Å². The first-order chi connectivity index (χ1) is 11.9. The summed E-state index contributed by atoms with van der Waals surface area (Å²) in [6.07, 6.45) is 1.17. The molecule has 2 rings (SSSR count).